The van der Waals surface area contributed by atoms with Crippen molar-refractivity contribution in [3.05, 3.63) is 64.1 Å². The van der Waals surface area contributed by atoms with E-state index in [1.165, 1.54) is 11.8 Å². The molecule has 0 saturated carbocycles. The molecule has 0 bridgehead atoms. The summed E-state index contributed by atoms with van der Waals surface area (Å²) in [7, 11) is 1.62. The molecule has 0 aromatic heterocycles. The van der Waals surface area contributed by atoms with Crippen LogP contribution in [0.5, 0.6) is 5.75 Å². The molecular formula is C20H20BrNO3S2. The molecule has 0 unspecified atom stereocenters. The quantitative estimate of drug-likeness (QED) is 0.538. The molecule has 2 aromatic carbocycles. The van der Waals surface area contributed by atoms with Gasteiger partial charge in [-0.3, -0.25) is 9.69 Å². The third-order valence-corrected chi connectivity index (χ3v) is 6.30. The fourth-order valence-corrected chi connectivity index (χ4v) is 4.55. The molecule has 2 aromatic rings. The Morgan fingerprint density at radius 1 is 1.11 bits per heavy atom. The molecule has 7 heteroatoms. The smallest absolute Gasteiger partial charge is 0.242 e. The zero-order valence-electron chi connectivity index (χ0n) is 14.9. The number of rotatable bonds is 8. The maximum atomic E-state index is 12.5. The lowest BCUT2D eigenvalue weighted by atomic mass is 10.1. The lowest BCUT2D eigenvalue weighted by Gasteiger charge is -2.14. The Hall–Kier alpha value is -1.41. The van der Waals surface area contributed by atoms with Crippen molar-refractivity contribution in [3.8, 4) is 5.75 Å². The molecule has 1 heterocycles. The van der Waals surface area contributed by atoms with E-state index in [2.05, 4.69) is 15.9 Å². The number of carbonyl (C=O) groups excluding carboxylic acids is 1. The molecule has 0 spiro atoms. The number of hydrogen-bond acceptors (Lipinski definition) is 5. The van der Waals surface area contributed by atoms with Gasteiger partial charge in [-0.1, -0.05) is 64.2 Å². The first-order valence-electron chi connectivity index (χ1n) is 8.54. The number of ether oxygens (including phenoxy) is 2. The number of thiocarbonyl (C=S) groups is 1. The van der Waals surface area contributed by atoms with Gasteiger partial charge in [0.15, 0.2) is 0 Å². The fraction of sp³-hybridized carbons (Fsp3) is 0.300. The van der Waals surface area contributed by atoms with E-state index in [1.807, 2.05) is 48.5 Å². The number of methoxy groups -OCH3 is 1. The maximum Gasteiger partial charge on any atom is 0.242 e. The summed E-state index contributed by atoms with van der Waals surface area (Å²) >= 11 is 10.2. The Kier molecular flexibility index (Phi) is 7.29. The minimum absolute atomic E-state index is 0.0672. The number of carbonyl (C=O) groups is 1. The summed E-state index contributed by atoms with van der Waals surface area (Å²) in [4.78, 5) is 14.2. The molecule has 3 rings (SSSR count). The van der Waals surface area contributed by atoms with Crippen LogP contribution in [0.25, 0.3) is 0 Å². The summed E-state index contributed by atoms with van der Waals surface area (Å²) in [6.45, 7) is 1.52. The standard InChI is InChI=1S/C20H20BrNO3S2/c1-24-11-10-22-19(23)18(27-20(22)26)12-14-4-8-17(9-5-14)25-13-15-2-6-16(21)7-3-15/h2-9,18H,10-13H2,1H3/t18-/m0/s1. The third-order valence-electron chi connectivity index (χ3n) is 4.19. The number of benzene rings is 2. The van der Waals surface area contributed by atoms with Gasteiger partial charge in [-0.25, -0.2) is 0 Å². The Morgan fingerprint density at radius 2 is 1.78 bits per heavy atom. The van der Waals surface area contributed by atoms with Gasteiger partial charge < -0.3 is 9.47 Å². The van der Waals surface area contributed by atoms with Crippen molar-refractivity contribution in [2.45, 2.75) is 18.3 Å². The molecule has 142 valence electrons. The van der Waals surface area contributed by atoms with E-state index < -0.39 is 0 Å². The van der Waals surface area contributed by atoms with E-state index in [-0.39, 0.29) is 11.2 Å². The van der Waals surface area contributed by atoms with Crippen molar-refractivity contribution >= 4 is 50.1 Å². The first-order valence-corrected chi connectivity index (χ1v) is 10.6. The van der Waals surface area contributed by atoms with Gasteiger partial charge in [0, 0.05) is 11.6 Å². The van der Waals surface area contributed by atoms with E-state index in [4.69, 9.17) is 21.7 Å². The van der Waals surface area contributed by atoms with Gasteiger partial charge in [0.25, 0.3) is 0 Å². The minimum atomic E-state index is -0.163. The molecule has 0 aliphatic carbocycles. The van der Waals surface area contributed by atoms with Crippen molar-refractivity contribution in [1.82, 2.24) is 4.90 Å². The number of amides is 1. The second-order valence-corrected chi connectivity index (χ2v) is 8.87. The molecule has 27 heavy (non-hydrogen) atoms. The van der Waals surface area contributed by atoms with Crippen LogP contribution in [0.2, 0.25) is 0 Å². The predicted molar refractivity (Wildman–Crippen MR) is 116 cm³/mol. The van der Waals surface area contributed by atoms with Crippen molar-refractivity contribution in [2.75, 3.05) is 20.3 Å². The topological polar surface area (TPSA) is 38.8 Å². The highest BCUT2D eigenvalue weighted by Gasteiger charge is 2.36. The van der Waals surface area contributed by atoms with Crippen LogP contribution in [-0.4, -0.2) is 40.6 Å². The molecule has 4 nitrogen and oxygen atoms in total. The van der Waals surface area contributed by atoms with Crippen LogP contribution in [0, 0.1) is 0 Å². The Morgan fingerprint density at radius 3 is 2.44 bits per heavy atom. The summed E-state index contributed by atoms with van der Waals surface area (Å²) in [5, 5.41) is -0.163. The van der Waals surface area contributed by atoms with Gasteiger partial charge in [0.05, 0.1) is 18.4 Å². The van der Waals surface area contributed by atoms with Crippen LogP contribution < -0.4 is 4.74 Å². The summed E-state index contributed by atoms with van der Waals surface area (Å²) in [5.74, 6) is 0.877. The number of halogens is 1. The Balaban J connectivity index is 1.54. The molecular weight excluding hydrogens is 446 g/mol. The summed E-state index contributed by atoms with van der Waals surface area (Å²) in [6.07, 6.45) is 0.653. The normalized spacial score (nSPS) is 16.8. The highest BCUT2D eigenvalue weighted by molar-refractivity contribution is 9.10. The van der Waals surface area contributed by atoms with Crippen molar-refractivity contribution in [3.63, 3.8) is 0 Å². The number of hydrogen-bond donors (Lipinski definition) is 0. The first kappa shape index (κ1) is 20.3. The Bertz CT molecular complexity index is 796. The molecule has 1 amide bonds. The summed E-state index contributed by atoms with van der Waals surface area (Å²) in [5.41, 5.74) is 2.20. The van der Waals surface area contributed by atoms with Crippen molar-refractivity contribution < 1.29 is 14.3 Å². The van der Waals surface area contributed by atoms with Gasteiger partial charge >= 0.3 is 0 Å². The highest BCUT2D eigenvalue weighted by Crippen LogP contribution is 2.30. The molecule has 1 atom stereocenters. The zero-order valence-corrected chi connectivity index (χ0v) is 18.1. The number of thioether (sulfide) groups is 1. The second-order valence-electron chi connectivity index (χ2n) is 6.12. The molecule has 0 N–H and O–H groups in total. The average molecular weight is 466 g/mol. The van der Waals surface area contributed by atoms with Gasteiger partial charge in [0.1, 0.15) is 16.7 Å². The van der Waals surface area contributed by atoms with Crippen LogP contribution in [0.4, 0.5) is 0 Å². The van der Waals surface area contributed by atoms with E-state index in [0.29, 0.717) is 30.5 Å². The van der Waals surface area contributed by atoms with Crippen LogP contribution in [0.1, 0.15) is 11.1 Å². The largest absolute Gasteiger partial charge is 0.489 e. The number of nitrogens with zero attached hydrogens (tertiary/aromatic N) is 1. The first-order chi connectivity index (χ1) is 13.1. The molecule has 1 fully saturated rings. The Labute approximate surface area is 177 Å². The maximum absolute atomic E-state index is 12.5. The monoisotopic (exact) mass is 465 g/mol. The minimum Gasteiger partial charge on any atom is -0.489 e. The van der Waals surface area contributed by atoms with Crippen molar-refractivity contribution in [1.29, 1.82) is 0 Å². The summed E-state index contributed by atoms with van der Waals surface area (Å²) in [6, 6.07) is 16.0. The van der Waals surface area contributed by atoms with E-state index in [1.54, 1.807) is 12.0 Å². The lowest BCUT2D eigenvalue weighted by Crippen LogP contribution is -2.34. The van der Waals surface area contributed by atoms with Gasteiger partial charge in [-0.15, -0.1) is 0 Å². The van der Waals surface area contributed by atoms with Gasteiger partial charge in [0.2, 0.25) is 5.91 Å². The molecule has 1 aliphatic rings. The van der Waals surface area contributed by atoms with Crippen LogP contribution in [-0.2, 0) is 22.6 Å². The SMILES string of the molecule is COCCN1C(=O)[C@H](Cc2ccc(OCc3ccc(Br)cc3)cc2)SC1=S. The van der Waals surface area contributed by atoms with Crippen molar-refractivity contribution in [2.24, 2.45) is 0 Å². The van der Waals surface area contributed by atoms with E-state index in [9.17, 15) is 4.79 Å². The average Bonchev–Trinajstić information content (AvgIpc) is 2.94. The van der Waals surface area contributed by atoms with E-state index >= 15 is 0 Å². The zero-order chi connectivity index (χ0) is 19.2. The second kappa shape index (κ2) is 9.68. The van der Waals surface area contributed by atoms with Crippen LogP contribution in [0.3, 0.4) is 0 Å². The third kappa shape index (κ3) is 5.54. The summed E-state index contributed by atoms with van der Waals surface area (Å²) < 4.78 is 12.6. The van der Waals surface area contributed by atoms with Gasteiger partial charge in [-0.05, 0) is 41.8 Å². The fourth-order valence-electron chi connectivity index (χ4n) is 2.70. The lowest BCUT2D eigenvalue weighted by molar-refractivity contribution is -0.126. The highest BCUT2D eigenvalue weighted by atomic mass is 79.9. The van der Waals surface area contributed by atoms with Gasteiger partial charge in [-0.2, -0.15) is 0 Å². The molecule has 1 aliphatic heterocycles. The van der Waals surface area contributed by atoms with Crippen LogP contribution >= 0.6 is 39.9 Å². The van der Waals surface area contributed by atoms with E-state index in [0.717, 1.165) is 21.3 Å². The molecule has 1 saturated heterocycles. The molecule has 0 radical (unpaired) electrons. The van der Waals surface area contributed by atoms with Crippen LogP contribution in [0.15, 0.2) is 53.0 Å². The predicted octanol–water partition coefficient (Wildman–Crippen LogP) is 4.45.